The largest absolute Gasteiger partial charge is 0.493 e. The van der Waals surface area contributed by atoms with Crippen LogP contribution in [0.15, 0.2) is 47.4 Å². The molecule has 1 amide bonds. The number of sulfonamides is 1. The van der Waals surface area contributed by atoms with Gasteiger partial charge in [0.15, 0.2) is 0 Å². The molecule has 0 aliphatic heterocycles. The number of nitrogens with zero attached hydrogens (tertiary/aromatic N) is 1. The smallest absolute Gasteiger partial charge is 0.243 e. The standard InChI is InChI=1S/C20H25FN2O4S/c1-4-23(5-2)28(25,26)19-14-17(9-6-15(19)3)22-20(24)12-13-27-18-10-7-16(21)8-11-18/h6-11,14H,4-5,12-13H2,1-3H3,(H,22,24). The molecule has 0 aliphatic carbocycles. The molecule has 1 N–H and O–H groups in total. The van der Waals surface area contributed by atoms with E-state index in [-0.39, 0.29) is 29.6 Å². The predicted molar refractivity (Wildman–Crippen MR) is 106 cm³/mol. The number of carbonyl (C=O) groups is 1. The molecular weight excluding hydrogens is 383 g/mol. The lowest BCUT2D eigenvalue weighted by molar-refractivity contribution is -0.116. The summed E-state index contributed by atoms with van der Waals surface area (Å²) in [7, 11) is -3.62. The number of hydrogen-bond acceptors (Lipinski definition) is 4. The Balaban J connectivity index is 2.02. The number of ether oxygens (including phenoxy) is 1. The van der Waals surface area contributed by atoms with Crippen LogP contribution in [-0.4, -0.2) is 38.3 Å². The normalized spacial score (nSPS) is 11.5. The van der Waals surface area contributed by atoms with Gasteiger partial charge in [0.1, 0.15) is 11.6 Å². The third-order valence-electron chi connectivity index (χ3n) is 4.21. The molecule has 0 spiro atoms. The minimum atomic E-state index is -3.62. The van der Waals surface area contributed by atoms with Gasteiger partial charge in [-0.15, -0.1) is 0 Å². The Labute approximate surface area is 165 Å². The zero-order valence-corrected chi connectivity index (χ0v) is 17.1. The lowest BCUT2D eigenvalue weighted by atomic mass is 10.2. The van der Waals surface area contributed by atoms with E-state index in [4.69, 9.17) is 4.74 Å². The zero-order valence-electron chi connectivity index (χ0n) is 16.2. The maximum Gasteiger partial charge on any atom is 0.243 e. The second-order valence-corrected chi connectivity index (χ2v) is 8.08. The SMILES string of the molecule is CCN(CC)S(=O)(=O)c1cc(NC(=O)CCOc2ccc(F)cc2)ccc1C. The molecule has 0 aromatic heterocycles. The number of aryl methyl sites for hydroxylation is 1. The average Bonchev–Trinajstić information content (AvgIpc) is 2.65. The van der Waals surface area contributed by atoms with E-state index < -0.39 is 10.0 Å². The van der Waals surface area contributed by atoms with Crippen LogP contribution in [0.1, 0.15) is 25.8 Å². The van der Waals surface area contributed by atoms with E-state index in [1.165, 1.54) is 34.6 Å². The predicted octanol–water partition coefficient (Wildman–Crippen LogP) is 3.57. The third-order valence-corrected chi connectivity index (χ3v) is 6.40. The van der Waals surface area contributed by atoms with Gasteiger partial charge >= 0.3 is 0 Å². The molecule has 6 nitrogen and oxygen atoms in total. The van der Waals surface area contributed by atoms with Crippen molar-refractivity contribution in [2.24, 2.45) is 0 Å². The van der Waals surface area contributed by atoms with Gasteiger partial charge in [-0.2, -0.15) is 4.31 Å². The summed E-state index contributed by atoms with van der Waals surface area (Å²) < 4.78 is 45.2. The van der Waals surface area contributed by atoms with Crippen LogP contribution in [0.5, 0.6) is 5.75 Å². The van der Waals surface area contributed by atoms with Crippen LogP contribution in [0.25, 0.3) is 0 Å². The summed E-state index contributed by atoms with van der Waals surface area (Å²) >= 11 is 0. The van der Waals surface area contributed by atoms with Crippen LogP contribution in [0, 0.1) is 12.7 Å². The second-order valence-electron chi connectivity index (χ2n) is 6.17. The molecule has 0 aliphatic rings. The van der Waals surface area contributed by atoms with Crippen molar-refractivity contribution in [2.75, 3.05) is 25.0 Å². The number of rotatable bonds is 9. The van der Waals surface area contributed by atoms with Crippen molar-refractivity contribution in [2.45, 2.75) is 32.1 Å². The van der Waals surface area contributed by atoms with E-state index in [1.54, 1.807) is 32.9 Å². The van der Waals surface area contributed by atoms with Gasteiger partial charge in [0.2, 0.25) is 15.9 Å². The van der Waals surface area contributed by atoms with Crippen LogP contribution in [0.3, 0.4) is 0 Å². The molecule has 152 valence electrons. The first kappa shape index (κ1) is 21.8. The first-order valence-corrected chi connectivity index (χ1v) is 10.5. The second kappa shape index (κ2) is 9.66. The van der Waals surface area contributed by atoms with Gasteiger partial charge in [-0.1, -0.05) is 19.9 Å². The van der Waals surface area contributed by atoms with Crippen LogP contribution in [0.4, 0.5) is 10.1 Å². The Morgan fingerprint density at radius 1 is 1.11 bits per heavy atom. The summed E-state index contributed by atoms with van der Waals surface area (Å²) in [6, 6.07) is 10.3. The molecule has 0 heterocycles. The van der Waals surface area contributed by atoms with Gasteiger partial charge in [-0.25, -0.2) is 12.8 Å². The Hall–Kier alpha value is -2.45. The molecule has 0 atom stereocenters. The van der Waals surface area contributed by atoms with E-state index >= 15 is 0 Å². The maximum absolute atomic E-state index is 12.9. The van der Waals surface area contributed by atoms with E-state index in [0.717, 1.165) is 0 Å². The Bertz CT molecular complexity index is 910. The summed E-state index contributed by atoms with van der Waals surface area (Å²) in [6.07, 6.45) is 0.0728. The number of benzene rings is 2. The fourth-order valence-corrected chi connectivity index (χ4v) is 4.38. The lowest BCUT2D eigenvalue weighted by Gasteiger charge is -2.20. The first-order chi connectivity index (χ1) is 13.3. The molecular formula is C20H25FN2O4S. The van der Waals surface area contributed by atoms with Crippen LogP contribution < -0.4 is 10.1 Å². The van der Waals surface area contributed by atoms with E-state index in [0.29, 0.717) is 30.1 Å². The summed E-state index contributed by atoms with van der Waals surface area (Å²) in [5.41, 5.74) is 1.02. The molecule has 0 radical (unpaired) electrons. The highest BCUT2D eigenvalue weighted by molar-refractivity contribution is 7.89. The van der Waals surface area contributed by atoms with Gasteiger partial charge in [-0.05, 0) is 48.9 Å². The van der Waals surface area contributed by atoms with Gasteiger partial charge in [0.25, 0.3) is 0 Å². The summed E-state index contributed by atoms with van der Waals surface area (Å²) in [5.74, 6) is -0.200. The van der Waals surface area contributed by atoms with Crippen molar-refractivity contribution in [3.63, 3.8) is 0 Å². The number of anilines is 1. The van der Waals surface area contributed by atoms with Gasteiger partial charge in [0.05, 0.1) is 17.9 Å². The molecule has 0 fully saturated rings. The quantitative estimate of drug-likeness (QED) is 0.688. The van der Waals surface area contributed by atoms with Gasteiger partial charge in [-0.3, -0.25) is 4.79 Å². The molecule has 28 heavy (non-hydrogen) atoms. The van der Waals surface area contributed by atoms with Crippen molar-refractivity contribution in [3.8, 4) is 5.75 Å². The Kier molecular flexibility index (Phi) is 7.53. The van der Waals surface area contributed by atoms with Crippen molar-refractivity contribution < 1.29 is 22.3 Å². The molecule has 8 heteroatoms. The third kappa shape index (κ3) is 5.53. The molecule has 2 aromatic rings. The van der Waals surface area contributed by atoms with Gasteiger partial charge < -0.3 is 10.1 Å². The Morgan fingerprint density at radius 3 is 2.36 bits per heavy atom. The van der Waals surface area contributed by atoms with E-state index in [2.05, 4.69) is 5.32 Å². The summed E-state index contributed by atoms with van der Waals surface area (Å²) in [4.78, 5) is 12.3. The number of amides is 1. The van der Waals surface area contributed by atoms with E-state index in [9.17, 15) is 17.6 Å². The number of halogens is 1. The minimum absolute atomic E-state index is 0.0728. The lowest BCUT2D eigenvalue weighted by Crippen LogP contribution is -2.31. The van der Waals surface area contributed by atoms with E-state index in [1.807, 2.05) is 0 Å². The number of nitrogens with one attached hydrogen (secondary N) is 1. The number of hydrogen-bond donors (Lipinski definition) is 1. The van der Waals surface area contributed by atoms with Crippen LogP contribution in [-0.2, 0) is 14.8 Å². The van der Waals surface area contributed by atoms with Crippen molar-refractivity contribution in [1.29, 1.82) is 0 Å². The molecule has 0 bridgehead atoms. The van der Waals surface area contributed by atoms with Crippen molar-refractivity contribution in [3.05, 3.63) is 53.8 Å². The fourth-order valence-electron chi connectivity index (χ4n) is 2.67. The minimum Gasteiger partial charge on any atom is -0.493 e. The van der Waals surface area contributed by atoms with Gasteiger partial charge in [0, 0.05) is 18.8 Å². The highest BCUT2D eigenvalue weighted by Crippen LogP contribution is 2.23. The maximum atomic E-state index is 12.9. The average molecular weight is 408 g/mol. The Morgan fingerprint density at radius 2 is 1.75 bits per heavy atom. The highest BCUT2D eigenvalue weighted by Gasteiger charge is 2.24. The summed E-state index contributed by atoms with van der Waals surface area (Å²) in [6.45, 7) is 6.14. The monoisotopic (exact) mass is 408 g/mol. The summed E-state index contributed by atoms with van der Waals surface area (Å²) in [5, 5.41) is 2.69. The number of carbonyl (C=O) groups excluding carboxylic acids is 1. The fraction of sp³-hybridized carbons (Fsp3) is 0.350. The highest BCUT2D eigenvalue weighted by atomic mass is 32.2. The molecule has 2 rings (SSSR count). The topological polar surface area (TPSA) is 75.7 Å². The molecule has 0 unspecified atom stereocenters. The van der Waals surface area contributed by atoms with Crippen LogP contribution in [0.2, 0.25) is 0 Å². The van der Waals surface area contributed by atoms with Crippen molar-refractivity contribution in [1.82, 2.24) is 4.31 Å². The zero-order chi connectivity index (χ0) is 20.7. The van der Waals surface area contributed by atoms with Crippen molar-refractivity contribution >= 4 is 21.6 Å². The molecule has 0 saturated carbocycles. The molecule has 2 aromatic carbocycles. The first-order valence-electron chi connectivity index (χ1n) is 9.07. The molecule has 0 saturated heterocycles. The van der Waals surface area contributed by atoms with Crippen LogP contribution >= 0.6 is 0 Å².